The molecule has 2 atom stereocenters. The summed E-state index contributed by atoms with van der Waals surface area (Å²) >= 11 is 6.23. The molecule has 0 amide bonds. The van der Waals surface area contributed by atoms with Gasteiger partial charge in [0.05, 0.1) is 12.7 Å². The number of benzene rings is 1. The molecule has 1 aromatic rings. The molecular formula is C13H17ClO2. The highest BCUT2D eigenvalue weighted by Gasteiger charge is 2.36. The number of ether oxygens (including phenoxy) is 2. The molecule has 3 heteroatoms. The summed E-state index contributed by atoms with van der Waals surface area (Å²) in [7, 11) is 1.68. The van der Waals surface area contributed by atoms with E-state index in [4.69, 9.17) is 21.1 Å². The molecule has 0 aliphatic carbocycles. The molecule has 88 valence electrons. The molecule has 0 bridgehead atoms. The molecule has 1 saturated heterocycles. The van der Waals surface area contributed by atoms with Crippen molar-refractivity contribution in [2.75, 3.05) is 13.7 Å². The first-order valence-electron chi connectivity index (χ1n) is 5.57. The van der Waals surface area contributed by atoms with E-state index in [1.165, 1.54) is 0 Å². The highest BCUT2D eigenvalue weighted by atomic mass is 35.5. The summed E-state index contributed by atoms with van der Waals surface area (Å²) in [6.07, 6.45) is 1.75. The molecule has 2 unspecified atom stereocenters. The fourth-order valence-corrected chi connectivity index (χ4v) is 2.65. The van der Waals surface area contributed by atoms with Gasteiger partial charge in [0.15, 0.2) is 0 Å². The van der Waals surface area contributed by atoms with Crippen LogP contribution in [-0.2, 0) is 10.3 Å². The number of methoxy groups -OCH3 is 1. The van der Waals surface area contributed by atoms with Crippen molar-refractivity contribution < 1.29 is 9.47 Å². The fourth-order valence-electron chi connectivity index (χ4n) is 2.26. The van der Waals surface area contributed by atoms with Gasteiger partial charge < -0.3 is 9.47 Å². The first-order chi connectivity index (χ1) is 7.65. The molecule has 1 heterocycles. The van der Waals surface area contributed by atoms with E-state index in [2.05, 4.69) is 6.92 Å². The predicted molar refractivity (Wildman–Crippen MR) is 65.2 cm³/mol. The third-order valence-corrected chi connectivity index (χ3v) is 3.51. The first kappa shape index (κ1) is 11.7. The summed E-state index contributed by atoms with van der Waals surface area (Å²) in [6, 6.07) is 7.98. The van der Waals surface area contributed by atoms with Crippen molar-refractivity contribution in [1.82, 2.24) is 0 Å². The van der Waals surface area contributed by atoms with Gasteiger partial charge in [-0.1, -0.05) is 18.2 Å². The fraction of sp³-hybridized carbons (Fsp3) is 0.538. The molecule has 0 radical (unpaired) electrons. The summed E-state index contributed by atoms with van der Waals surface area (Å²) in [5, 5.41) is 0.184. The number of alkyl halides is 1. The summed E-state index contributed by atoms with van der Waals surface area (Å²) in [4.78, 5) is 0. The number of para-hydroxylation sites is 1. The van der Waals surface area contributed by atoms with Crippen LogP contribution in [0, 0.1) is 0 Å². The molecule has 0 spiro atoms. The molecule has 1 aromatic carbocycles. The average molecular weight is 241 g/mol. The van der Waals surface area contributed by atoms with E-state index in [0.717, 1.165) is 24.2 Å². The third-order valence-electron chi connectivity index (χ3n) is 3.14. The largest absolute Gasteiger partial charge is 0.496 e. The maximum Gasteiger partial charge on any atom is 0.124 e. The quantitative estimate of drug-likeness (QED) is 0.739. The van der Waals surface area contributed by atoms with Gasteiger partial charge >= 0.3 is 0 Å². The lowest BCUT2D eigenvalue weighted by molar-refractivity contribution is -0.0695. The van der Waals surface area contributed by atoms with Crippen LogP contribution in [0.5, 0.6) is 5.75 Å². The van der Waals surface area contributed by atoms with Crippen LogP contribution in [0.3, 0.4) is 0 Å². The zero-order chi connectivity index (χ0) is 11.6. The number of hydrogen-bond donors (Lipinski definition) is 0. The number of halogens is 1. The maximum atomic E-state index is 6.23. The Bertz CT molecular complexity index is 367. The molecule has 2 nitrogen and oxygen atoms in total. The lowest BCUT2D eigenvalue weighted by Gasteiger charge is -2.37. The van der Waals surface area contributed by atoms with Crippen molar-refractivity contribution in [2.24, 2.45) is 0 Å². The van der Waals surface area contributed by atoms with Gasteiger partial charge in [-0.05, 0) is 25.8 Å². The van der Waals surface area contributed by atoms with E-state index in [9.17, 15) is 0 Å². The van der Waals surface area contributed by atoms with Crippen molar-refractivity contribution in [3.05, 3.63) is 29.8 Å². The van der Waals surface area contributed by atoms with E-state index in [1.807, 2.05) is 24.3 Å². The van der Waals surface area contributed by atoms with Crippen LogP contribution in [0.1, 0.15) is 25.3 Å². The average Bonchev–Trinajstić information content (AvgIpc) is 2.29. The molecule has 0 N–H and O–H groups in total. The van der Waals surface area contributed by atoms with Crippen LogP contribution in [-0.4, -0.2) is 19.1 Å². The van der Waals surface area contributed by atoms with Crippen molar-refractivity contribution in [2.45, 2.75) is 30.7 Å². The Labute approximate surface area is 102 Å². The highest BCUT2D eigenvalue weighted by Crippen LogP contribution is 2.40. The van der Waals surface area contributed by atoms with E-state index in [-0.39, 0.29) is 11.0 Å². The van der Waals surface area contributed by atoms with Crippen molar-refractivity contribution in [1.29, 1.82) is 0 Å². The van der Waals surface area contributed by atoms with Gasteiger partial charge in [0, 0.05) is 17.5 Å². The Morgan fingerprint density at radius 3 is 2.88 bits per heavy atom. The maximum absolute atomic E-state index is 6.23. The van der Waals surface area contributed by atoms with Crippen LogP contribution in [0.15, 0.2) is 24.3 Å². The second-order valence-electron chi connectivity index (χ2n) is 4.37. The third kappa shape index (κ3) is 2.18. The summed E-state index contributed by atoms with van der Waals surface area (Å²) in [5.74, 6) is 0.871. The zero-order valence-electron chi connectivity index (χ0n) is 9.70. The van der Waals surface area contributed by atoms with E-state index in [0.29, 0.717) is 6.61 Å². The van der Waals surface area contributed by atoms with Gasteiger partial charge in [0.2, 0.25) is 0 Å². The van der Waals surface area contributed by atoms with Gasteiger partial charge in [0.1, 0.15) is 5.75 Å². The number of rotatable bonds is 2. The first-order valence-corrected chi connectivity index (χ1v) is 6.01. The van der Waals surface area contributed by atoms with Crippen molar-refractivity contribution in [3.8, 4) is 5.75 Å². The smallest absolute Gasteiger partial charge is 0.124 e. The minimum atomic E-state index is -0.322. The Kier molecular flexibility index (Phi) is 3.41. The van der Waals surface area contributed by atoms with Gasteiger partial charge in [-0.3, -0.25) is 0 Å². The summed E-state index contributed by atoms with van der Waals surface area (Å²) in [6.45, 7) is 2.79. The van der Waals surface area contributed by atoms with Crippen LogP contribution in [0.2, 0.25) is 0 Å². The van der Waals surface area contributed by atoms with Gasteiger partial charge in [-0.15, -0.1) is 11.6 Å². The highest BCUT2D eigenvalue weighted by molar-refractivity contribution is 6.20. The number of hydrogen-bond acceptors (Lipinski definition) is 2. The van der Waals surface area contributed by atoms with Gasteiger partial charge in [-0.2, -0.15) is 0 Å². The second-order valence-corrected chi connectivity index (χ2v) is 4.99. The predicted octanol–water partition coefficient (Wildman–Crippen LogP) is 3.33. The second kappa shape index (κ2) is 4.64. The molecule has 1 fully saturated rings. The zero-order valence-corrected chi connectivity index (χ0v) is 10.5. The minimum absolute atomic E-state index is 0.184. The Morgan fingerprint density at radius 2 is 2.19 bits per heavy atom. The van der Waals surface area contributed by atoms with Crippen molar-refractivity contribution in [3.63, 3.8) is 0 Å². The van der Waals surface area contributed by atoms with E-state index < -0.39 is 0 Å². The Hall–Kier alpha value is -0.730. The molecule has 0 saturated carbocycles. The summed E-state index contributed by atoms with van der Waals surface area (Å²) in [5.41, 5.74) is 0.764. The van der Waals surface area contributed by atoms with Crippen LogP contribution < -0.4 is 4.74 Å². The Balaban J connectivity index is 2.34. The van der Waals surface area contributed by atoms with Gasteiger partial charge in [0.25, 0.3) is 0 Å². The molecule has 2 rings (SSSR count). The van der Waals surface area contributed by atoms with Crippen molar-refractivity contribution >= 4 is 11.6 Å². The molecule has 1 aliphatic heterocycles. The van der Waals surface area contributed by atoms with Crippen LogP contribution >= 0.6 is 11.6 Å². The monoisotopic (exact) mass is 240 g/mol. The van der Waals surface area contributed by atoms with E-state index >= 15 is 0 Å². The summed E-state index contributed by atoms with van der Waals surface area (Å²) < 4.78 is 11.3. The Morgan fingerprint density at radius 1 is 1.44 bits per heavy atom. The van der Waals surface area contributed by atoms with Crippen LogP contribution in [0.25, 0.3) is 0 Å². The molecule has 1 aliphatic rings. The van der Waals surface area contributed by atoms with Crippen LogP contribution in [0.4, 0.5) is 0 Å². The lowest BCUT2D eigenvalue weighted by atomic mass is 9.87. The van der Waals surface area contributed by atoms with Gasteiger partial charge in [-0.25, -0.2) is 0 Å². The minimum Gasteiger partial charge on any atom is -0.496 e. The standard InChI is InChI=1S/C13H17ClO2/c1-13(9-10(14)7-8-16-13)11-5-3-4-6-12(11)15-2/h3-6,10H,7-9H2,1-2H3. The topological polar surface area (TPSA) is 18.5 Å². The molecular weight excluding hydrogens is 224 g/mol. The normalized spacial score (nSPS) is 30.1. The van der Waals surface area contributed by atoms with E-state index in [1.54, 1.807) is 7.11 Å². The SMILES string of the molecule is COc1ccccc1C1(C)CC(Cl)CCO1. The lowest BCUT2D eigenvalue weighted by Crippen LogP contribution is -2.35. The molecule has 16 heavy (non-hydrogen) atoms. The molecule has 0 aromatic heterocycles.